The molecule has 1 aliphatic heterocycles. The van der Waals surface area contributed by atoms with Gasteiger partial charge in [-0.05, 0) is 70.6 Å². The number of piperidine rings is 1. The predicted molar refractivity (Wildman–Crippen MR) is 101 cm³/mol. The van der Waals surface area contributed by atoms with Crippen LogP contribution in [0.3, 0.4) is 0 Å². The number of amides is 2. The summed E-state index contributed by atoms with van der Waals surface area (Å²) in [6.07, 6.45) is 3.91. The Bertz CT molecular complexity index is 697. The normalized spacial score (nSPS) is 20.3. The average Bonchev–Trinajstić information content (AvgIpc) is 3.42. The summed E-state index contributed by atoms with van der Waals surface area (Å²) in [5, 5.41) is 0. The van der Waals surface area contributed by atoms with Crippen LogP contribution < -0.4 is 0 Å². The minimum atomic E-state index is -0.597. The number of nitrogens with zero attached hydrogens (tertiary/aromatic N) is 2. The van der Waals surface area contributed by atoms with Gasteiger partial charge in [-0.1, -0.05) is 12.1 Å². The van der Waals surface area contributed by atoms with Gasteiger partial charge in [-0.2, -0.15) is 0 Å². The number of likely N-dealkylation sites (tertiary alicyclic amines) is 1. The van der Waals surface area contributed by atoms with Crippen LogP contribution in [0.2, 0.25) is 0 Å². The number of hydrogen-bond donors (Lipinski definition) is 0. The Morgan fingerprint density at radius 2 is 1.96 bits per heavy atom. The summed E-state index contributed by atoms with van der Waals surface area (Å²) in [5.41, 5.74) is 0.176. The number of benzene rings is 1. The van der Waals surface area contributed by atoms with Gasteiger partial charge in [0.2, 0.25) is 5.91 Å². The summed E-state index contributed by atoms with van der Waals surface area (Å²) < 4.78 is 19.1. The quantitative estimate of drug-likeness (QED) is 0.795. The first kappa shape index (κ1) is 19.6. The fraction of sp³-hybridized carbons (Fsp3) is 0.619. The van der Waals surface area contributed by atoms with Crippen molar-refractivity contribution in [2.75, 3.05) is 6.54 Å². The molecule has 1 heterocycles. The molecule has 6 heteroatoms. The highest BCUT2D eigenvalue weighted by Gasteiger charge is 2.41. The second kappa shape index (κ2) is 7.87. The summed E-state index contributed by atoms with van der Waals surface area (Å²) in [5.74, 6) is -0.351. The summed E-state index contributed by atoms with van der Waals surface area (Å²) in [7, 11) is 0. The fourth-order valence-electron chi connectivity index (χ4n) is 3.52. The van der Waals surface area contributed by atoms with Crippen molar-refractivity contribution in [1.29, 1.82) is 0 Å². The summed E-state index contributed by atoms with van der Waals surface area (Å²) in [4.78, 5) is 29.4. The molecule has 5 nitrogen and oxygen atoms in total. The maximum absolute atomic E-state index is 13.5. The highest BCUT2D eigenvalue weighted by molar-refractivity contribution is 5.86. The Kier molecular flexibility index (Phi) is 5.72. The second-order valence-corrected chi connectivity index (χ2v) is 8.51. The van der Waals surface area contributed by atoms with Gasteiger partial charge in [0.25, 0.3) is 0 Å². The van der Waals surface area contributed by atoms with E-state index in [4.69, 9.17) is 4.74 Å². The number of ether oxygens (including phenoxy) is 1. The maximum Gasteiger partial charge on any atom is 0.410 e. The summed E-state index contributed by atoms with van der Waals surface area (Å²) in [6, 6.07) is 6.05. The van der Waals surface area contributed by atoms with E-state index in [2.05, 4.69) is 0 Å². The number of halogens is 1. The van der Waals surface area contributed by atoms with Gasteiger partial charge in [-0.25, -0.2) is 9.18 Å². The average molecular weight is 376 g/mol. The van der Waals surface area contributed by atoms with Gasteiger partial charge in [0.15, 0.2) is 0 Å². The molecule has 1 aromatic rings. The van der Waals surface area contributed by atoms with Gasteiger partial charge in [0, 0.05) is 19.1 Å². The topological polar surface area (TPSA) is 49.9 Å². The van der Waals surface area contributed by atoms with E-state index in [0.717, 1.165) is 31.2 Å². The molecule has 1 aliphatic carbocycles. The lowest BCUT2D eigenvalue weighted by Crippen LogP contribution is -2.54. The number of rotatable bonds is 4. The van der Waals surface area contributed by atoms with Crippen molar-refractivity contribution >= 4 is 12.0 Å². The first-order valence-corrected chi connectivity index (χ1v) is 9.79. The zero-order valence-corrected chi connectivity index (χ0v) is 16.4. The smallest absolute Gasteiger partial charge is 0.410 e. The van der Waals surface area contributed by atoms with E-state index < -0.39 is 17.7 Å². The molecule has 0 spiro atoms. The molecule has 0 bridgehead atoms. The third-order valence-electron chi connectivity index (χ3n) is 4.93. The molecule has 0 radical (unpaired) electrons. The molecule has 1 saturated carbocycles. The van der Waals surface area contributed by atoms with Gasteiger partial charge in [0.05, 0.1) is 0 Å². The van der Waals surface area contributed by atoms with E-state index in [0.29, 0.717) is 19.5 Å². The van der Waals surface area contributed by atoms with Gasteiger partial charge >= 0.3 is 6.09 Å². The van der Waals surface area contributed by atoms with Crippen LogP contribution in [0.1, 0.15) is 58.4 Å². The molecule has 2 fully saturated rings. The standard InChI is InChI=1S/C21H29FN2O3/c1-21(2,3)27-20(26)23-12-5-4-9-18(23)19(25)24(17-10-11-17)14-15-7-6-8-16(22)13-15/h6-8,13,17-18H,4-5,9-12,14H2,1-3H3. The van der Waals surface area contributed by atoms with Crippen LogP contribution in [-0.2, 0) is 16.1 Å². The third-order valence-corrected chi connectivity index (χ3v) is 4.93. The molecule has 0 N–H and O–H groups in total. The Hall–Kier alpha value is -2.11. The molecule has 2 aliphatic rings. The minimum Gasteiger partial charge on any atom is -0.444 e. The molecular weight excluding hydrogens is 347 g/mol. The van der Waals surface area contributed by atoms with E-state index in [9.17, 15) is 14.0 Å². The van der Waals surface area contributed by atoms with Crippen LogP contribution in [-0.4, -0.2) is 46.0 Å². The number of carbonyl (C=O) groups is 2. The Balaban J connectivity index is 1.76. The van der Waals surface area contributed by atoms with Crippen molar-refractivity contribution in [3.8, 4) is 0 Å². The Morgan fingerprint density at radius 1 is 1.22 bits per heavy atom. The molecule has 148 valence electrons. The van der Waals surface area contributed by atoms with Crippen molar-refractivity contribution in [1.82, 2.24) is 9.80 Å². The van der Waals surface area contributed by atoms with Crippen LogP contribution in [0.4, 0.5) is 9.18 Å². The summed E-state index contributed by atoms with van der Waals surface area (Å²) in [6.45, 7) is 6.38. The zero-order chi connectivity index (χ0) is 19.6. The van der Waals surface area contributed by atoms with E-state index in [1.54, 1.807) is 11.0 Å². The Morgan fingerprint density at radius 3 is 2.59 bits per heavy atom. The van der Waals surface area contributed by atoms with Gasteiger partial charge < -0.3 is 9.64 Å². The molecule has 1 unspecified atom stereocenters. The van der Waals surface area contributed by atoms with E-state index >= 15 is 0 Å². The SMILES string of the molecule is CC(C)(C)OC(=O)N1CCCCC1C(=O)N(Cc1cccc(F)c1)C1CC1. The van der Waals surface area contributed by atoms with Crippen LogP contribution in [0, 0.1) is 5.82 Å². The molecule has 0 aromatic heterocycles. The van der Waals surface area contributed by atoms with Crippen LogP contribution in [0.25, 0.3) is 0 Å². The van der Waals surface area contributed by atoms with Gasteiger partial charge in [0.1, 0.15) is 17.5 Å². The largest absolute Gasteiger partial charge is 0.444 e. The van der Waals surface area contributed by atoms with Gasteiger partial charge in [-0.15, -0.1) is 0 Å². The van der Waals surface area contributed by atoms with Crippen LogP contribution in [0.5, 0.6) is 0 Å². The van der Waals surface area contributed by atoms with Crippen molar-refractivity contribution in [2.24, 2.45) is 0 Å². The van der Waals surface area contributed by atoms with Crippen molar-refractivity contribution in [3.05, 3.63) is 35.6 Å². The zero-order valence-electron chi connectivity index (χ0n) is 16.4. The molecule has 1 atom stereocenters. The van der Waals surface area contributed by atoms with Crippen molar-refractivity contribution in [3.63, 3.8) is 0 Å². The molecule has 1 aromatic carbocycles. The summed E-state index contributed by atoms with van der Waals surface area (Å²) >= 11 is 0. The van der Waals surface area contributed by atoms with E-state index in [-0.39, 0.29) is 17.8 Å². The minimum absolute atomic E-state index is 0.0488. The van der Waals surface area contributed by atoms with Crippen molar-refractivity contribution < 1.29 is 18.7 Å². The van der Waals surface area contributed by atoms with Gasteiger partial charge in [-0.3, -0.25) is 9.69 Å². The highest BCUT2D eigenvalue weighted by Crippen LogP contribution is 2.31. The second-order valence-electron chi connectivity index (χ2n) is 8.51. The lowest BCUT2D eigenvalue weighted by molar-refractivity contribution is -0.139. The molecule has 27 heavy (non-hydrogen) atoms. The molecule has 1 saturated heterocycles. The first-order valence-electron chi connectivity index (χ1n) is 9.79. The van der Waals surface area contributed by atoms with Crippen molar-refractivity contribution in [2.45, 2.75) is 77.1 Å². The number of hydrogen-bond acceptors (Lipinski definition) is 3. The fourth-order valence-corrected chi connectivity index (χ4v) is 3.52. The lowest BCUT2D eigenvalue weighted by Gasteiger charge is -2.38. The van der Waals surface area contributed by atoms with E-state index in [1.807, 2.05) is 31.7 Å². The molecule has 2 amide bonds. The predicted octanol–water partition coefficient (Wildman–Crippen LogP) is 4.11. The molecule has 3 rings (SSSR count). The lowest BCUT2D eigenvalue weighted by atomic mass is 10.0. The van der Waals surface area contributed by atoms with E-state index in [1.165, 1.54) is 12.1 Å². The number of carbonyl (C=O) groups excluding carboxylic acids is 2. The third kappa shape index (κ3) is 5.21. The van der Waals surface area contributed by atoms with Crippen LogP contribution in [0.15, 0.2) is 24.3 Å². The van der Waals surface area contributed by atoms with Crippen LogP contribution >= 0.6 is 0 Å². The monoisotopic (exact) mass is 376 g/mol. The highest BCUT2D eigenvalue weighted by atomic mass is 19.1. The first-order chi connectivity index (χ1) is 12.7. The Labute approximate surface area is 160 Å². The molecular formula is C21H29FN2O3. The maximum atomic E-state index is 13.5.